The molecule has 1 heterocycles. The van der Waals surface area contributed by atoms with Crippen LogP contribution in [0.5, 0.6) is 0 Å². The maximum atomic E-state index is 11.9. The van der Waals surface area contributed by atoms with Crippen LogP contribution in [-0.2, 0) is 9.53 Å². The lowest BCUT2D eigenvalue weighted by atomic mass is 10.0. The predicted octanol–water partition coefficient (Wildman–Crippen LogP) is 2.65. The Kier molecular flexibility index (Phi) is 3.81. The fourth-order valence-electron chi connectivity index (χ4n) is 1.78. The first-order chi connectivity index (χ1) is 7.66. The summed E-state index contributed by atoms with van der Waals surface area (Å²) in [6.07, 6.45) is 0.671. The minimum absolute atomic E-state index is 0.0359. The molecule has 1 aromatic carbocycles. The molecule has 2 rings (SSSR count). The van der Waals surface area contributed by atoms with Crippen LogP contribution in [0.4, 0.5) is 5.69 Å². The van der Waals surface area contributed by atoms with Crippen LogP contribution in [0.25, 0.3) is 0 Å². The van der Waals surface area contributed by atoms with Crippen LogP contribution in [-0.4, -0.2) is 18.6 Å². The molecule has 1 aliphatic rings. The molecule has 16 heavy (non-hydrogen) atoms. The minimum atomic E-state index is -0.292. The number of hydrogen-bond donors (Lipinski definition) is 1. The molecule has 3 nitrogen and oxygen atoms in total. The van der Waals surface area contributed by atoms with Gasteiger partial charge < -0.3 is 10.1 Å². The van der Waals surface area contributed by atoms with Gasteiger partial charge in [0.05, 0.1) is 0 Å². The molecule has 1 N–H and O–H groups in total. The molecule has 4 heteroatoms. The standard InChI is InChI=1S/C12H14INO2/c1-8-6-7-16-11(8)12(15)14-10-4-2-9(13)3-5-10/h2-5,8,11H,6-7H2,1H3,(H,14,15). The van der Waals surface area contributed by atoms with Crippen molar-refractivity contribution in [3.8, 4) is 0 Å². The Bertz CT molecular complexity index is 377. The Balaban J connectivity index is 1.99. The van der Waals surface area contributed by atoms with E-state index in [9.17, 15) is 4.79 Å². The number of anilines is 1. The Hall–Kier alpha value is -0.620. The highest BCUT2D eigenvalue weighted by Crippen LogP contribution is 2.21. The highest BCUT2D eigenvalue weighted by atomic mass is 127. The molecule has 1 amide bonds. The minimum Gasteiger partial charge on any atom is -0.368 e. The Morgan fingerprint density at radius 1 is 1.44 bits per heavy atom. The van der Waals surface area contributed by atoms with Gasteiger partial charge in [-0.15, -0.1) is 0 Å². The van der Waals surface area contributed by atoms with Gasteiger partial charge in [0.1, 0.15) is 6.10 Å². The van der Waals surface area contributed by atoms with Gasteiger partial charge in [0.15, 0.2) is 0 Å². The van der Waals surface area contributed by atoms with Gasteiger partial charge >= 0.3 is 0 Å². The third kappa shape index (κ3) is 2.74. The number of carbonyl (C=O) groups excluding carboxylic acids is 1. The second-order valence-electron chi connectivity index (χ2n) is 4.05. The summed E-state index contributed by atoms with van der Waals surface area (Å²) >= 11 is 2.23. The number of ether oxygens (including phenoxy) is 1. The number of nitrogens with one attached hydrogen (secondary N) is 1. The second-order valence-corrected chi connectivity index (χ2v) is 5.30. The Morgan fingerprint density at radius 3 is 2.69 bits per heavy atom. The summed E-state index contributed by atoms with van der Waals surface area (Å²) in [6.45, 7) is 2.73. The third-order valence-corrected chi connectivity index (χ3v) is 3.48. The van der Waals surface area contributed by atoms with Gasteiger partial charge in [-0.2, -0.15) is 0 Å². The van der Waals surface area contributed by atoms with Crippen molar-refractivity contribution in [2.45, 2.75) is 19.4 Å². The number of hydrogen-bond acceptors (Lipinski definition) is 2. The van der Waals surface area contributed by atoms with Gasteiger partial charge in [-0.1, -0.05) is 6.92 Å². The molecule has 0 spiro atoms. The van der Waals surface area contributed by atoms with Crippen molar-refractivity contribution in [2.75, 3.05) is 11.9 Å². The summed E-state index contributed by atoms with van der Waals surface area (Å²) in [4.78, 5) is 11.9. The van der Waals surface area contributed by atoms with Gasteiger partial charge in [0.2, 0.25) is 0 Å². The maximum absolute atomic E-state index is 11.9. The number of halogens is 1. The van der Waals surface area contributed by atoms with Gasteiger partial charge in [-0.05, 0) is 59.2 Å². The van der Waals surface area contributed by atoms with Crippen LogP contribution in [0.15, 0.2) is 24.3 Å². The molecule has 2 atom stereocenters. The molecule has 2 unspecified atom stereocenters. The zero-order valence-electron chi connectivity index (χ0n) is 9.07. The SMILES string of the molecule is CC1CCOC1C(=O)Nc1ccc(I)cc1. The van der Waals surface area contributed by atoms with Crippen LogP contribution in [0.3, 0.4) is 0 Å². The summed E-state index contributed by atoms with van der Waals surface area (Å²) in [7, 11) is 0. The zero-order chi connectivity index (χ0) is 11.5. The van der Waals surface area contributed by atoms with E-state index in [1.54, 1.807) is 0 Å². The molecule has 0 aliphatic carbocycles. The van der Waals surface area contributed by atoms with E-state index < -0.39 is 0 Å². The fourth-order valence-corrected chi connectivity index (χ4v) is 2.14. The van der Waals surface area contributed by atoms with Crippen LogP contribution in [0, 0.1) is 9.49 Å². The van der Waals surface area contributed by atoms with Crippen molar-refractivity contribution < 1.29 is 9.53 Å². The van der Waals surface area contributed by atoms with Gasteiger partial charge in [0.25, 0.3) is 5.91 Å². The third-order valence-electron chi connectivity index (χ3n) is 2.76. The van der Waals surface area contributed by atoms with Crippen LogP contribution >= 0.6 is 22.6 Å². The van der Waals surface area contributed by atoms with Crippen LogP contribution in [0.2, 0.25) is 0 Å². The molecule has 0 bridgehead atoms. The van der Waals surface area contributed by atoms with Crippen molar-refractivity contribution >= 4 is 34.2 Å². The fraction of sp³-hybridized carbons (Fsp3) is 0.417. The summed E-state index contributed by atoms with van der Waals surface area (Å²) in [5.74, 6) is 0.273. The molecule has 1 aliphatic heterocycles. The Labute approximate surface area is 109 Å². The number of rotatable bonds is 2. The molecular weight excluding hydrogens is 317 g/mol. The first-order valence-electron chi connectivity index (χ1n) is 5.35. The van der Waals surface area contributed by atoms with Crippen molar-refractivity contribution in [1.29, 1.82) is 0 Å². The summed E-state index contributed by atoms with van der Waals surface area (Å²) in [5, 5.41) is 2.87. The van der Waals surface area contributed by atoms with Crippen LogP contribution in [0.1, 0.15) is 13.3 Å². The van der Waals surface area contributed by atoms with E-state index in [0.717, 1.165) is 15.7 Å². The highest BCUT2D eigenvalue weighted by molar-refractivity contribution is 14.1. The van der Waals surface area contributed by atoms with E-state index in [0.29, 0.717) is 12.5 Å². The summed E-state index contributed by atoms with van der Waals surface area (Å²) in [6, 6.07) is 7.74. The second kappa shape index (κ2) is 5.14. The quantitative estimate of drug-likeness (QED) is 0.846. The normalized spacial score (nSPS) is 24.4. The van der Waals surface area contributed by atoms with Crippen molar-refractivity contribution in [3.63, 3.8) is 0 Å². The highest BCUT2D eigenvalue weighted by Gasteiger charge is 2.30. The molecule has 1 aromatic rings. The van der Waals surface area contributed by atoms with E-state index in [1.165, 1.54) is 0 Å². The smallest absolute Gasteiger partial charge is 0.253 e. The summed E-state index contributed by atoms with van der Waals surface area (Å²) in [5.41, 5.74) is 0.827. The van der Waals surface area contributed by atoms with E-state index >= 15 is 0 Å². The Morgan fingerprint density at radius 2 is 2.12 bits per heavy atom. The molecule has 0 radical (unpaired) electrons. The van der Waals surface area contributed by atoms with Crippen LogP contribution < -0.4 is 5.32 Å². The topological polar surface area (TPSA) is 38.3 Å². The van der Waals surface area contributed by atoms with E-state index in [2.05, 4.69) is 27.9 Å². The number of benzene rings is 1. The maximum Gasteiger partial charge on any atom is 0.253 e. The van der Waals surface area contributed by atoms with Gasteiger partial charge in [-0.25, -0.2) is 0 Å². The predicted molar refractivity (Wildman–Crippen MR) is 71.3 cm³/mol. The monoisotopic (exact) mass is 331 g/mol. The van der Waals surface area contributed by atoms with E-state index in [4.69, 9.17) is 4.74 Å². The number of carbonyl (C=O) groups is 1. The molecule has 1 fully saturated rings. The van der Waals surface area contributed by atoms with Gasteiger partial charge in [-0.3, -0.25) is 4.79 Å². The lowest BCUT2D eigenvalue weighted by molar-refractivity contribution is -0.126. The molecule has 1 saturated heterocycles. The largest absolute Gasteiger partial charge is 0.368 e. The zero-order valence-corrected chi connectivity index (χ0v) is 11.2. The average molecular weight is 331 g/mol. The van der Waals surface area contributed by atoms with Gasteiger partial charge in [0, 0.05) is 15.9 Å². The van der Waals surface area contributed by atoms with E-state index in [1.807, 2.05) is 31.2 Å². The molecular formula is C12H14INO2. The lowest BCUT2D eigenvalue weighted by Gasteiger charge is -2.14. The first-order valence-corrected chi connectivity index (χ1v) is 6.43. The molecule has 0 saturated carbocycles. The van der Waals surface area contributed by atoms with Crippen molar-refractivity contribution in [2.24, 2.45) is 5.92 Å². The lowest BCUT2D eigenvalue weighted by Crippen LogP contribution is -2.31. The van der Waals surface area contributed by atoms with Crippen molar-refractivity contribution in [1.82, 2.24) is 0 Å². The van der Waals surface area contributed by atoms with Crippen molar-refractivity contribution in [3.05, 3.63) is 27.8 Å². The van der Waals surface area contributed by atoms with E-state index in [-0.39, 0.29) is 12.0 Å². The average Bonchev–Trinajstić information content (AvgIpc) is 2.68. The molecule has 86 valence electrons. The summed E-state index contributed by atoms with van der Waals surface area (Å²) < 4.78 is 6.56. The number of amides is 1. The molecule has 0 aromatic heterocycles. The first kappa shape index (κ1) is 11.9.